The molecule has 0 aromatic heterocycles. The predicted molar refractivity (Wildman–Crippen MR) is 204 cm³/mol. The van der Waals surface area contributed by atoms with E-state index in [2.05, 4.69) is 13.8 Å². The van der Waals surface area contributed by atoms with Gasteiger partial charge in [-0.1, -0.05) is 20.8 Å². The van der Waals surface area contributed by atoms with Crippen LogP contribution >= 0.6 is 0 Å². The molecule has 0 N–H and O–H groups in total. The molecule has 5 rings (SSSR count). The Labute approximate surface area is 350 Å². The van der Waals surface area contributed by atoms with E-state index < -0.39 is 78.0 Å². The lowest BCUT2D eigenvalue weighted by atomic mass is 9.43. The van der Waals surface area contributed by atoms with Gasteiger partial charge in [0.25, 0.3) is 0 Å². The molecule has 5 aliphatic rings. The topological polar surface area (TPSA) is 220 Å². The lowest BCUT2D eigenvalue weighted by Crippen LogP contribution is -2.64. The summed E-state index contributed by atoms with van der Waals surface area (Å²) >= 11 is 0. The summed E-state index contributed by atoms with van der Waals surface area (Å²) < 4.78 is 50.5. The van der Waals surface area contributed by atoms with Gasteiger partial charge in [0.1, 0.15) is 18.3 Å². The van der Waals surface area contributed by atoms with Crippen molar-refractivity contribution in [2.45, 2.75) is 169 Å². The van der Waals surface area contributed by atoms with Gasteiger partial charge in [-0.2, -0.15) is 0 Å². The number of fused-ring (bicyclic) bond motifs is 5. The molecule has 0 spiro atoms. The Balaban J connectivity index is 1.37. The highest BCUT2D eigenvalue weighted by molar-refractivity contribution is 5.77. The molecule has 336 valence electrons. The third-order valence-corrected chi connectivity index (χ3v) is 14.3. The second kappa shape index (κ2) is 18.8. The number of ether oxygens (including phenoxy) is 9. The molecule has 0 radical (unpaired) electrons. The van der Waals surface area contributed by atoms with Crippen LogP contribution in [0.5, 0.6) is 0 Å². The minimum atomic E-state index is -1.76. The van der Waals surface area contributed by atoms with Gasteiger partial charge in [-0.15, -0.1) is 0 Å². The van der Waals surface area contributed by atoms with Crippen LogP contribution in [-0.4, -0.2) is 104 Å². The Morgan fingerprint density at radius 3 is 1.82 bits per heavy atom. The average molecular weight is 851 g/mol. The lowest BCUT2D eigenvalue weighted by Gasteiger charge is -2.64. The molecular weight excluding hydrogens is 788 g/mol. The molecule has 0 aromatic rings. The predicted octanol–water partition coefficient (Wildman–Crippen LogP) is 4.31. The lowest BCUT2D eigenvalue weighted by molar-refractivity contribution is -0.294. The first kappa shape index (κ1) is 46.8. The highest BCUT2D eigenvalue weighted by Crippen LogP contribution is 2.69. The normalized spacial score (nSPS) is 38.5. The van der Waals surface area contributed by atoms with Gasteiger partial charge in [0.15, 0.2) is 18.3 Å². The largest absolute Gasteiger partial charge is 0.467 e. The van der Waals surface area contributed by atoms with Crippen LogP contribution in [0.4, 0.5) is 0 Å². The molecule has 4 saturated carbocycles. The maximum Gasteiger partial charge on any atom is 0.339 e. The molecular formula is C43H62O17. The SMILES string of the molecule is COC(=O)[C@H]1O[C@@H](OC(=O)CC[C@@H](C)[C@H]2CC[C@H]3[C@@H]4[C@H](OC(C)=O)C[C@@H]5C[C@H](OC(C)=O)CC[C@]5(C)[C@H]4C[C@H](OC(C)=O)[C@]23C)[C@H](OC(C)=O)[C@@H](OC(C)=O)[C@@H]1OC(C)=O. The Bertz CT molecular complexity index is 1680. The summed E-state index contributed by atoms with van der Waals surface area (Å²) in [6.45, 7) is 13.9. The van der Waals surface area contributed by atoms with E-state index in [1.165, 1.54) is 20.8 Å². The standard InChI is InChI=1S/C43H62O17/c1-20(11-14-34(50)59-41-39(58-26(7)49)37(57-25(6)48)36(56-24(5)47)38(60-41)40(51)52-10)29-12-13-30-35-31(19-33(43(29,30)9)55-23(4)46)42(8)16-15-28(53-21(2)44)17-27(42)18-32(35)54-22(3)45/h20,27-33,35-39,41H,11-19H2,1-10H3/t20-,27+,28-,29-,30+,31+,32-,33+,35+,36+,37+,38+,39-,41-,42+,43-/m1/s1. The van der Waals surface area contributed by atoms with Gasteiger partial charge in [-0.25, -0.2) is 4.79 Å². The van der Waals surface area contributed by atoms with E-state index in [1.807, 2.05) is 6.92 Å². The highest BCUT2D eigenvalue weighted by atomic mass is 16.7. The average Bonchev–Trinajstić information content (AvgIpc) is 3.50. The summed E-state index contributed by atoms with van der Waals surface area (Å²) in [6, 6.07) is 0. The zero-order chi connectivity index (χ0) is 44.4. The van der Waals surface area contributed by atoms with E-state index in [0.29, 0.717) is 25.7 Å². The van der Waals surface area contributed by atoms with Crippen molar-refractivity contribution in [1.82, 2.24) is 0 Å². The van der Waals surface area contributed by atoms with E-state index >= 15 is 0 Å². The van der Waals surface area contributed by atoms with Crippen molar-refractivity contribution in [1.29, 1.82) is 0 Å². The van der Waals surface area contributed by atoms with Crippen LogP contribution in [0.1, 0.15) is 120 Å². The van der Waals surface area contributed by atoms with Crippen molar-refractivity contribution in [2.24, 2.45) is 46.3 Å². The summed E-state index contributed by atoms with van der Waals surface area (Å²) in [5.74, 6) is -5.39. The zero-order valence-electron chi connectivity index (χ0n) is 36.4. The fourth-order valence-corrected chi connectivity index (χ4v) is 12.0. The molecule has 16 atom stereocenters. The summed E-state index contributed by atoms with van der Waals surface area (Å²) in [6.07, 6.45) is -4.19. The second-order valence-electron chi connectivity index (χ2n) is 17.9. The van der Waals surface area contributed by atoms with Crippen LogP contribution in [0.25, 0.3) is 0 Å². The van der Waals surface area contributed by atoms with Crippen LogP contribution in [0, 0.1) is 46.3 Å². The van der Waals surface area contributed by atoms with Crippen LogP contribution < -0.4 is 0 Å². The number of carbonyl (C=O) groups is 8. The van der Waals surface area contributed by atoms with Crippen LogP contribution in [-0.2, 0) is 81.0 Å². The molecule has 17 nitrogen and oxygen atoms in total. The minimum Gasteiger partial charge on any atom is -0.467 e. The van der Waals surface area contributed by atoms with Crippen molar-refractivity contribution in [3.63, 3.8) is 0 Å². The summed E-state index contributed by atoms with van der Waals surface area (Å²) in [7, 11) is 1.06. The molecule has 0 unspecified atom stereocenters. The van der Waals surface area contributed by atoms with E-state index in [-0.39, 0.29) is 71.5 Å². The fraction of sp³-hybridized carbons (Fsp3) is 0.814. The number of hydrogen-bond donors (Lipinski definition) is 0. The Morgan fingerprint density at radius 1 is 0.650 bits per heavy atom. The van der Waals surface area contributed by atoms with Crippen molar-refractivity contribution >= 4 is 47.8 Å². The summed E-state index contributed by atoms with van der Waals surface area (Å²) in [5.41, 5.74) is -0.716. The van der Waals surface area contributed by atoms with Crippen molar-refractivity contribution in [3.8, 4) is 0 Å². The van der Waals surface area contributed by atoms with E-state index in [4.69, 9.17) is 42.6 Å². The molecule has 5 fully saturated rings. The Morgan fingerprint density at radius 2 is 1.23 bits per heavy atom. The van der Waals surface area contributed by atoms with E-state index in [0.717, 1.165) is 53.6 Å². The van der Waals surface area contributed by atoms with Crippen molar-refractivity contribution in [2.75, 3.05) is 7.11 Å². The molecule has 60 heavy (non-hydrogen) atoms. The zero-order valence-corrected chi connectivity index (χ0v) is 36.4. The number of rotatable bonds is 12. The number of esters is 8. The first-order valence-corrected chi connectivity index (χ1v) is 21.1. The monoisotopic (exact) mass is 850 g/mol. The van der Waals surface area contributed by atoms with Gasteiger partial charge in [-0.3, -0.25) is 33.6 Å². The third-order valence-electron chi connectivity index (χ3n) is 14.3. The van der Waals surface area contributed by atoms with Crippen LogP contribution in [0.3, 0.4) is 0 Å². The van der Waals surface area contributed by atoms with Gasteiger partial charge >= 0.3 is 47.8 Å². The van der Waals surface area contributed by atoms with Gasteiger partial charge in [0, 0.05) is 59.3 Å². The van der Waals surface area contributed by atoms with Crippen molar-refractivity contribution in [3.05, 3.63) is 0 Å². The maximum absolute atomic E-state index is 13.7. The fourth-order valence-electron chi connectivity index (χ4n) is 12.0. The molecule has 1 heterocycles. The molecule has 4 aliphatic carbocycles. The van der Waals surface area contributed by atoms with E-state index in [1.54, 1.807) is 0 Å². The number of carbonyl (C=O) groups excluding carboxylic acids is 8. The molecule has 1 saturated heterocycles. The first-order valence-electron chi connectivity index (χ1n) is 21.1. The summed E-state index contributed by atoms with van der Waals surface area (Å²) in [5, 5.41) is 0. The van der Waals surface area contributed by atoms with Crippen LogP contribution in [0.15, 0.2) is 0 Å². The summed E-state index contributed by atoms with van der Waals surface area (Å²) in [4.78, 5) is 100. The number of hydrogen-bond acceptors (Lipinski definition) is 17. The van der Waals surface area contributed by atoms with Crippen LogP contribution in [0.2, 0.25) is 0 Å². The molecule has 0 aromatic carbocycles. The minimum absolute atomic E-state index is 0.00945. The van der Waals surface area contributed by atoms with Gasteiger partial charge in [0.2, 0.25) is 12.4 Å². The van der Waals surface area contributed by atoms with Gasteiger partial charge in [-0.05, 0) is 86.4 Å². The highest BCUT2D eigenvalue weighted by Gasteiger charge is 2.68. The Hall–Kier alpha value is -4.28. The molecule has 0 amide bonds. The smallest absolute Gasteiger partial charge is 0.339 e. The van der Waals surface area contributed by atoms with E-state index in [9.17, 15) is 38.4 Å². The maximum atomic E-state index is 13.7. The Kier molecular flexibility index (Phi) is 14.6. The quantitative estimate of drug-likeness (QED) is 0.197. The molecule has 0 bridgehead atoms. The second-order valence-corrected chi connectivity index (χ2v) is 17.9. The third kappa shape index (κ3) is 9.75. The molecule has 1 aliphatic heterocycles. The number of methoxy groups -OCH3 is 1. The van der Waals surface area contributed by atoms with Crippen molar-refractivity contribution < 1.29 is 81.0 Å². The molecule has 17 heteroatoms. The van der Waals surface area contributed by atoms with Gasteiger partial charge in [0.05, 0.1) is 7.11 Å². The first-order chi connectivity index (χ1) is 28.1. The van der Waals surface area contributed by atoms with Gasteiger partial charge < -0.3 is 42.6 Å².